The van der Waals surface area contributed by atoms with Crippen molar-refractivity contribution in [3.8, 4) is 5.75 Å². The number of carbonyl (C=O) groups excluding carboxylic acids is 1. The minimum absolute atomic E-state index is 0.275. The Balaban J connectivity index is 2.18. The van der Waals surface area contributed by atoms with Crippen molar-refractivity contribution in [2.24, 2.45) is 0 Å². The fourth-order valence-electron chi connectivity index (χ4n) is 1.50. The van der Waals surface area contributed by atoms with Crippen LogP contribution in [-0.2, 0) is 16.0 Å². The second kappa shape index (κ2) is 4.70. The molecule has 0 radical (unpaired) electrons. The molecule has 3 nitrogen and oxygen atoms in total. The van der Waals surface area contributed by atoms with Crippen LogP contribution in [0, 0.1) is 0 Å². The average molecular weight is 283 g/mol. The zero-order valence-electron chi connectivity index (χ0n) is 8.83. The number of esters is 1. The first kappa shape index (κ1) is 11.2. The smallest absolute Gasteiger partial charge is 0.373 e. The number of allylic oxidation sites excluding steroid dienone is 1. The standard InChI is InChI=1S/C12H11BrO3/c1-2-15-12(14)11-5-3-8-7-9(13)4-6-10(8)16-11/h4-7H,2-3H2,1H3. The molecule has 16 heavy (non-hydrogen) atoms. The lowest BCUT2D eigenvalue weighted by atomic mass is 10.1. The molecule has 1 heterocycles. The highest BCUT2D eigenvalue weighted by molar-refractivity contribution is 9.10. The predicted molar refractivity (Wildman–Crippen MR) is 63.2 cm³/mol. The number of hydrogen-bond acceptors (Lipinski definition) is 3. The summed E-state index contributed by atoms with van der Waals surface area (Å²) in [6.45, 7) is 2.12. The van der Waals surface area contributed by atoms with Gasteiger partial charge in [0, 0.05) is 4.47 Å². The number of rotatable bonds is 2. The monoisotopic (exact) mass is 282 g/mol. The lowest BCUT2D eigenvalue weighted by Gasteiger charge is -2.17. The summed E-state index contributed by atoms with van der Waals surface area (Å²) >= 11 is 3.39. The SMILES string of the molecule is CCOC(=O)C1=CCc2cc(Br)ccc2O1. The summed E-state index contributed by atoms with van der Waals surface area (Å²) in [6.07, 6.45) is 2.43. The van der Waals surface area contributed by atoms with E-state index in [2.05, 4.69) is 15.9 Å². The Kier molecular flexibility index (Phi) is 3.29. The number of halogens is 1. The summed E-state index contributed by atoms with van der Waals surface area (Å²) in [4.78, 5) is 11.5. The molecule has 1 aromatic rings. The van der Waals surface area contributed by atoms with Gasteiger partial charge >= 0.3 is 5.97 Å². The molecule has 0 amide bonds. The fraction of sp³-hybridized carbons (Fsp3) is 0.250. The van der Waals surface area contributed by atoms with Gasteiger partial charge in [0.25, 0.3) is 0 Å². The quantitative estimate of drug-likeness (QED) is 0.783. The van der Waals surface area contributed by atoms with E-state index >= 15 is 0 Å². The number of benzene rings is 1. The first-order valence-electron chi connectivity index (χ1n) is 5.04. The zero-order chi connectivity index (χ0) is 11.5. The number of hydrogen-bond donors (Lipinski definition) is 0. The van der Waals surface area contributed by atoms with Crippen LogP contribution in [0.15, 0.2) is 34.5 Å². The Bertz CT molecular complexity index is 452. The number of carbonyl (C=O) groups is 1. The second-order valence-electron chi connectivity index (χ2n) is 3.35. The van der Waals surface area contributed by atoms with Crippen LogP contribution in [0.5, 0.6) is 5.75 Å². The van der Waals surface area contributed by atoms with E-state index in [1.807, 2.05) is 18.2 Å². The molecule has 1 aliphatic rings. The van der Waals surface area contributed by atoms with Crippen molar-refractivity contribution in [3.63, 3.8) is 0 Å². The highest BCUT2D eigenvalue weighted by Crippen LogP contribution is 2.29. The highest BCUT2D eigenvalue weighted by Gasteiger charge is 2.19. The third-order valence-corrected chi connectivity index (χ3v) is 2.72. The van der Waals surface area contributed by atoms with Crippen molar-refractivity contribution in [1.82, 2.24) is 0 Å². The van der Waals surface area contributed by atoms with Gasteiger partial charge in [0.15, 0.2) is 0 Å². The molecule has 0 saturated heterocycles. The third-order valence-electron chi connectivity index (χ3n) is 2.23. The molecule has 0 saturated carbocycles. The molecule has 1 aromatic carbocycles. The van der Waals surface area contributed by atoms with E-state index in [0.29, 0.717) is 18.8 Å². The number of ether oxygens (including phenoxy) is 2. The van der Waals surface area contributed by atoms with Gasteiger partial charge in [-0.25, -0.2) is 4.79 Å². The van der Waals surface area contributed by atoms with E-state index in [9.17, 15) is 4.79 Å². The maximum absolute atomic E-state index is 11.5. The summed E-state index contributed by atoms with van der Waals surface area (Å²) in [5.74, 6) is 0.585. The van der Waals surface area contributed by atoms with Crippen molar-refractivity contribution in [2.45, 2.75) is 13.3 Å². The van der Waals surface area contributed by atoms with E-state index < -0.39 is 5.97 Å². The fourth-order valence-corrected chi connectivity index (χ4v) is 1.91. The molecule has 0 bridgehead atoms. The van der Waals surface area contributed by atoms with Crippen LogP contribution in [0.2, 0.25) is 0 Å². The number of fused-ring (bicyclic) bond motifs is 1. The van der Waals surface area contributed by atoms with Crippen LogP contribution in [0.1, 0.15) is 12.5 Å². The molecule has 0 aromatic heterocycles. The Morgan fingerprint density at radius 1 is 1.56 bits per heavy atom. The third kappa shape index (κ3) is 2.27. The van der Waals surface area contributed by atoms with Gasteiger partial charge < -0.3 is 9.47 Å². The first-order valence-corrected chi connectivity index (χ1v) is 5.83. The zero-order valence-corrected chi connectivity index (χ0v) is 10.4. The van der Waals surface area contributed by atoms with E-state index in [-0.39, 0.29) is 5.76 Å². The van der Waals surface area contributed by atoms with Crippen LogP contribution >= 0.6 is 15.9 Å². The normalized spacial score (nSPS) is 13.5. The summed E-state index contributed by atoms with van der Waals surface area (Å²) in [6, 6.07) is 5.70. The van der Waals surface area contributed by atoms with Gasteiger partial charge in [-0.05, 0) is 43.2 Å². The van der Waals surface area contributed by atoms with Gasteiger partial charge in [-0.2, -0.15) is 0 Å². The van der Waals surface area contributed by atoms with Crippen LogP contribution in [0.25, 0.3) is 0 Å². The molecule has 0 N–H and O–H groups in total. The molecule has 1 aliphatic heterocycles. The van der Waals surface area contributed by atoms with E-state index in [0.717, 1.165) is 10.0 Å². The summed E-state index contributed by atoms with van der Waals surface area (Å²) in [5.41, 5.74) is 1.06. The molecule has 0 spiro atoms. The van der Waals surface area contributed by atoms with Crippen LogP contribution in [-0.4, -0.2) is 12.6 Å². The minimum atomic E-state index is -0.406. The van der Waals surface area contributed by atoms with Gasteiger partial charge in [0.2, 0.25) is 5.76 Å². The molecular formula is C12H11BrO3. The van der Waals surface area contributed by atoms with E-state index in [1.54, 1.807) is 13.0 Å². The lowest BCUT2D eigenvalue weighted by Crippen LogP contribution is -2.16. The Hall–Kier alpha value is -1.29. The summed E-state index contributed by atoms with van der Waals surface area (Å²) in [5, 5.41) is 0. The average Bonchev–Trinajstić information content (AvgIpc) is 2.28. The molecular weight excluding hydrogens is 272 g/mol. The lowest BCUT2D eigenvalue weighted by molar-refractivity contribution is -0.141. The van der Waals surface area contributed by atoms with Crippen LogP contribution in [0.4, 0.5) is 0 Å². The van der Waals surface area contributed by atoms with Gasteiger partial charge in [0.05, 0.1) is 6.61 Å². The van der Waals surface area contributed by atoms with E-state index in [1.165, 1.54) is 0 Å². The molecule has 0 atom stereocenters. The highest BCUT2D eigenvalue weighted by atomic mass is 79.9. The Labute approximate surface area is 102 Å². The first-order chi connectivity index (χ1) is 7.70. The molecule has 0 aliphatic carbocycles. The minimum Gasteiger partial charge on any atom is -0.460 e. The van der Waals surface area contributed by atoms with Crippen LogP contribution < -0.4 is 4.74 Å². The Morgan fingerprint density at radius 3 is 3.12 bits per heavy atom. The summed E-state index contributed by atoms with van der Waals surface area (Å²) < 4.78 is 11.3. The Morgan fingerprint density at radius 2 is 2.38 bits per heavy atom. The second-order valence-corrected chi connectivity index (χ2v) is 4.26. The van der Waals surface area contributed by atoms with E-state index in [4.69, 9.17) is 9.47 Å². The van der Waals surface area contributed by atoms with Crippen molar-refractivity contribution in [3.05, 3.63) is 40.1 Å². The maximum atomic E-state index is 11.5. The largest absolute Gasteiger partial charge is 0.460 e. The van der Waals surface area contributed by atoms with Gasteiger partial charge in [-0.15, -0.1) is 0 Å². The van der Waals surface area contributed by atoms with Crippen molar-refractivity contribution >= 4 is 21.9 Å². The van der Waals surface area contributed by atoms with Crippen molar-refractivity contribution in [2.75, 3.05) is 6.61 Å². The van der Waals surface area contributed by atoms with Crippen molar-refractivity contribution in [1.29, 1.82) is 0 Å². The molecule has 0 fully saturated rings. The molecule has 2 rings (SSSR count). The topological polar surface area (TPSA) is 35.5 Å². The summed E-state index contributed by atoms with van der Waals surface area (Å²) in [7, 11) is 0. The van der Waals surface area contributed by atoms with Gasteiger partial charge in [0.1, 0.15) is 5.75 Å². The maximum Gasteiger partial charge on any atom is 0.373 e. The van der Waals surface area contributed by atoms with Crippen molar-refractivity contribution < 1.29 is 14.3 Å². The van der Waals surface area contributed by atoms with Gasteiger partial charge in [-0.1, -0.05) is 15.9 Å². The van der Waals surface area contributed by atoms with Gasteiger partial charge in [-0.3, -0.25) is 0 Å². The molecule has 0 unspecified atom stereocenters. The molecule has 4 heteroatoms. The van der Waals surface area contributed by atoms with Crippen LogP contribution in [0.3, 0.4) is 0 Å². The molecule has 84 valence electrons. The predicted octanol–water partition coefficient (Wildman–Crippen LogP) is 2.83.